The monoisotopic (exact) mass is 203 g/mol. The second kappa shape index (κ2) is 4.35. The zero-order valence-electron chi connectivity index (χ0n) is 7.25. The van der Waals surface area contributed by atoms with Gasteiger partial charge in [-0.05, 0) is 12.8 Å². The molecular formula is C5H9N5O4. The summed E-state index contributed by atoms with van der Waals surface area (Å²) in [5, 5.41) is 19.7. The van der Waals surface area contributed by atoms with Crippen LogP contribution in [0.4, 0.5) is 0 Å². The van der Waals surface area contributed by atoms with E-state index in [1.54, 1.807) is 5.43 Å². The van der Waals surface area contributed by atoms with Crippen LogP contribution in [0, 0.1) is 20.2 Å². The molecule has 0 aromatic rings. The summed E-state index contributed by atoms with van der Waals surface area (Å²) in [5.41, 5.74) is 1.71. The van der Waals surface area contributed by atoms with E-state index < -0.39 is 10.1 Å². The Morgan fingerprint density at radius 3 is 2.64 bits per heavy atom. The highest BCUT2D eigenvalue weighted by molar-refractivity contribution is 5.77. The topological polar surface area (TPSA) is 114 Å². The van der Waals surface area contributed by atoms with Crippen molar-refractivity contribution in [2.75, 3.05) is 13.1 Å². The summed E-state index contributed by atoms with van der Waals surface area (Å²) in [6.45, 7) is 0.493. The molecule has 0 unspecified atom stereocenters. The molecule has 0 saturated carbocycles. The van der Waals surface area contributed by atoms with E-state index in [1.807, 2.05) is 0 Å². The van der Waals surface area contributed by atoms with E-state index >= 15 is 0 Å². The molecule has 1 N–H and O–H groups in total. The maximum absolute atomic E-state index is 10.5. The third kappa shape index (κ3) is 2.54. The van der Waals surface area contributed by atoms with Crippen LogP contribution in [0.1, 0.15) is 12.8 Å². The molecule has 0 radical (unpaired) electrons. The van der Waals surface area contributed by atoms with Gasteiger partial charge < -0.3 is 0 Å². The molecule has 0 aromatic carbocycles. The highest BCUT2D eigenvalue weighted by Crippen LogP contribution is 2.02. The van der Waals surface area contributed by atoms with E-state index in [0.29, 0.717) is 24.4 Å². The number of nitro groups is 2. The number of hydrogen-bond acceptors (Lipinski definition) is 5. The number of aliphatic imine (C=N–C) groups is 1. The Hall–Kier alpha value is -1.93. The fraction of sp³-hybridized carbons (Fsp3) is 0.800. The normalized spacial score (nSPS) is 16.9. The van der Waals surface area contributed by atoms with E-state index in [2.05, 4.69) is 4.99 Å². The third-order valence-corrected chi connectivity index (χ3v) is 1.67. The van der Waals surface area contributed by atoms with Gasteiger partial charge in [-0.15, -0.1) is 0 Å². The van der Waals surface area contributed by atoms with Gasteiger partial charge in [-0.25, -0.2) is 25.2 Å². The van der Waals surface area contributed by atoms with Crippen LogP contribution in [0.3, 0.4) is 0 Å². The molecule has 0 amide bonds. The van der Waals surface area contributed by atoms with Crippen LogP contribution in [-0.2, 0) is 0 Å². The van der Waals surface area contributed by atoms with Gasteiger partial charge in [0.15, 0.2) is 10.1 Å². The molecule has 78 valence electrons. The van der Waals surface area contributed by atoms with E-state index in [1.165, 1.54) is 0 Å². The van der Waals surface area contributed by atoms with Crippen molar-refractivity contribution in [1.82, 2.24) is 10.4 Å². The quantitative estimate of drug-likeness (QED) is 0.474. The second-order valence-electron chi connectivity index (χ2n) is 2.64. The summed E-state index contributed by atoms with van der Waals surface area (Å²) < 4.78 is 0. The molecule has 14 heavy (non-hydrogen) atoms. The number of rotatable bonds is 2. The SMILES string of the molecule is O=[N+]([O-])NC1=NCCCCN1[N+](=O)[O-]. The first kappa shape index (κ1) is 10.2. The van der Waals surface area contributed by atoms with Crippen molar-refractivity contribution >= 4 is 5.96 Å². The lowest BCUT2D eigenvalue weighted by molar-refractivity contribution is -0.636. The van der Waals surface area contributed by atoms with Crippen LogP contribution in [-0.4, -0.2) is 34.1 Å². The zero-order chi connectivity index (χ0) is 10.6. The maximum Gasteiger partial charge on any atom is 0.317 e. The number of hydrogen-bond donors (Lipinski definition) is 1. The van der Waals surface area contributed by atoms with Crippen molar-refractivity contribution in [3.8, 4) is 0 Å². The summed E-state index contributed by atoms with van der Waals surface area (Å²) in [6.07, 6.45) is 1.28. The summed E-state index contributed by atoms with van der Waals surface area (Å²) in [5.74, 6) is -0.308. The smallest absolute Gasteiger partial charge is 0.244 e. The van der Waals surface area contributed by atoms with Gasteiger partial charge in [0, 0.05) is 6.54 Å². The lowest BCUT2D eigenvalue weighted by Gasteiger charge is -2.10. The second-order valence-corrected chi connectivity index (χ2v) is 2.64. The highest BCUT2D eigenvalue weighted by atomic mass is 16.7. The lowest BCUT2D eigenvalue weighted by atomic mass is 10.3. The fourth-order valence-electron chi connectivity index (χ4n) is 1.08. The molecule has 1 heterocycles. The Morgan fingerprint density at radius 2 is 2.07 bits per heavy atom. The Morgan fingerprint density at radius 1 is 1.36 bits per heavy atom. The number of nitrogens with one attached hydrogen (secondary N) is 1. The minimum Gasteiger partial charge on any atom is -0.244 e. The minimum absolute atomic E-state index is 0.132. The molecule has 1 aliphatic heterocycles. The van der Waals surface area contributed by atoms with Gasteiger partial charge in [-0.1, -0.05) is 10.4 Å². The van der Waals surface area contributed by atoms with Gasteiger partial charge >= 0.3 is 5.96 Å². The third-order valence-electron chi connectivity index (χ3n) is 1.67. The molecule has 0 atom stereocenters. The molecule has 9 nitrogen and oxygen atoms in total. The Bertz CT molecular complexity index is 277. The van der Waals surface area contributed by atoms with Crippen molar-refractivity contribution in [1.29, 1.82) is 0 Å². The van der Waals surface area contributed by atoms with Crippen molar-refractivity contribution in [3.63, 3.8) is 0 Å². The van der Waals surface area contributed by atoms with Gasteiger partial charge in [-0.2, -0.15) is 0 Å². The van der Waals surface area contributed by atoms with Crippen LogP contribution in [0.5, 0.6) is 0 Å². The molecule has 0 bridgehead atoms. The van der Waals surface area contributed by atoms with Crippen LogP contribution >= 0.6 is 0 Å². The minimum atomic E-state index is -0.860. The van der Waals surface area contributed by atoms with Crippen LogP contribution in [0.25, 0.3) is 0 Å². The average molecular weight is 203 g/mol. The summed E-state index contributed by atoms with van der Waals surface area (Å²) in [4.78, 5) is 24.3. The van der Waals surface area contributed by atoms with E-state index in [0.717, 1.165) is 0 Å². The van der Waals surface area contributed by atoms with Crippen molar-refractivity contribution in [2.24, 2.45) is 4.99 Å². The Labute approximate surface area is 78.6 Å². The van der Waals surface area contributed by atoms with Crippen molar-refractivity contribution in [3.05, 3.63) is 20.2 Å². The first-order valence-corrected chi connectivity index (χ1v) is 3.98. The van der Waals surface area contributed by atoms with E-state index in [-0.39, 0.29) is 12.5 Å². The lowest BCUT2D eigenvalue weighted by Crippen LogP contribution is -2.46. The van der Waals surface area contributed by atoms with Crippen LogP contribution < -0.4 is 5.43 Å². The molecule has 0 aliphatic carbocycles. The molecule has 1 aliphatic rings. The van der Waals surface area contributed by atoms with Gasteiger partial charge in [0.1, 0.15) is 0 Å². The molecule has 0 fully saturated rings. The summed E-state index contributed by atoms with van der Waals surface area (Å²) >= 11 is 0. The van der Waals surface area contributed by atoms with Gasteiger partial charge in [0.05, 0.1) is 6.54 Å². The van der Waals surface area contributed by atoms with Crippen LogP contribution in [0.15, 0.2) is 4.99 Å². The number of guanidine groups is 1. The molecular weight excluding hydrogens is 194 g/mol. The fourth-order valence-corrected chi connectivity index (χ4v) is 1.08. The van der Waals surface area contributed by atoms with Gasteiger partial charge in [0.2, 0.25) is 0 Å². The molecule has 0 spiro atoms. The average Bonchev–Trinajstić information content (AvgIpc) is 2.28. The maximum atomic E-state index is 10.5. The van der Waals surface area contributed by atoms with E-state index in [4.69, 9.17) is 0 Å². The standard InChI is InChI=1S/C5H9N5O4/c11-9(12)7-5-6-3-1-2-4-8(5)10(13)14/h1-4H2,(H,6,7). The molecule has 9 heteroatoms. The molecule has 0 aromatic heterocycles. The predicted octanol–water partition coefficient (Wildman–Crippen LogP) is -0.589. The molecule has 0 saturated heterocycles. The number of hydrazine groups is 2. The van der Waals surface area contributed by atoms with Crippen molar-refractivity contribution in [2.45, 2.75) is 12.8 Å². The number of nitrogens with zero attached hydrogens (tertiary/aromatic N) is 4. The first-order valence-electron chi connectivity index (χ1n) is 3.98. The molecule has 1 rings (SSSR count). The largest absolute Gasteiger partial charge is 0.317 e. The summed E-state index contributed by atoms with van der Waals surface area (Å²) in [7, 11) is 0. The Kier molecular flexibility index (Phi) is 3.15. The predicted molar refractivity (Wildman–Crippen MR) is 45.4 cm³/mol. The summed E-state index contributed by atoms with van der Waals surface area (Å²) in [6, 6.07) is 0. The van der Waals surface area contributed by atoms with Gasteiger partial charge in [0.25, 0.3) is 0 Å². The van der Waals surface area contributed by atoms with Crippen molar-refractivity contribution < 1.29 is 10.1 Å². The van der Waals surface area contributed by atoms with E-state index in [9.17, 15) is 20.2 Å². The Balaban J connectivity index is 2.76. The highest BCUT2D eigenvalue weighted by Gasteiger charge is 2.26. The van der Waals surface area contributed by atoms with Gasteiger partial charge in [-0.3, -0.25) is 0 Å². The van der Waals surface area contributed by atoms with Crippen LogP contribution in [0.2, 0.25) is 0 Å². The zero-order valence-corrected chi connectivity index (χ0v) is 7.25. The first-order chi connectivity index (χ1) is 6.61.